The van der Waals surface area contributed by atoms with Crippen LogP contribution in [0.25, 0.3) is 22.4 Å². The highest BCUT2D eigenvalue weighted by Gasteiger charge is 2.71. The van der Waals surface area contributed by atoms with Gasteiger partial charge in [-0.05, 0) is 48.0 Å². The van der Waals surface area contributed by atoms with Crippen LogP contribution in [0.4, 0.5) is 26.3 Å². The molecule has 3 nitrogen and oxygen atoms in total. The van der Waals surface area contributed by atoms with Gasteiger partial charge in [0, 0.05) is 22.9 Å². The van der Waals surface area contributed by atoms with E-state index in [9.17, 15) is 31.4 Å². The van der Waals surface area contributed by atoms with Crippen LogP contribution in [0.15, 0.2) is 97.2 Å². The Morgan fingerprint density at radius 2 is 1.09 bits per heavy atom. The van der Waals surface area contributed by atoms with Gasteiger partial charge in [-0.2, -0.15) is 26.3 Å². The van der Waals surface area contributed by atoms with Crippen LogP contribution in [-0.4, -0.2) is 22.4 Å². The molecule has 0 aliphatic carbocycles. The van der Waals surface area contributed by atoms with Crippen LogP contribution in [0.2, 0.25) is 0 Å². The number of hydrogen-bond acceptors (Lipinski definition) is 3. The van der Waals surface area contributed by atoms with Crippen molar-refractivity contribution in [3.05, 3.63) is 103 Å². The first-order valence-electron chi connectivity index (χ1n) is 10.3. The van der Waals surface area contributed by atoms with Gasteiger partial charge in [0.05, 0.1) is 5.69 Å². The number of aliphatic hydroxyl groups is 1. The second-order valence-electron chi connectivity index (χ2n) is 7.65. The molecule has 1 heterocycles. The Balaban J connectivity index is 1.52. The van der Waals surface area contributed by atoms with Crippen LogP contribution in [0, 0.1) is 0 Å². The maximum atomic E-state index is 13.1. The average molecular weight is 489 g/mol. The van der Waals surface area contributed by atoms with Gasteiger partial charge in [0.1, 0.15) is 11.5 Å². The van der Waals surface area contributed by atoms with Crippen molar-refractivity contribution in [3.63, 3.8) is 0 Å². The summed E-state index contributed by atoms with van der Waals surface area (Å²) in [6.07, 6.45) is -10.4. The molecule has 0 spiro atoms. The number of benzene rings is 3. The zero-order valence-corrected chi connectivity index (χ0v) is 17.8. The second-order valence-corrected chi connectivity index (χ2v) is 7.65. The Kier molecular flexibility index (Phi) is 6.29. The van der Waals surface area contributed by atoms with E-state index in [1.807, 2.05) is 42.5 Å². The first kappa shape index (κ1) is 24.3. The first-order valence-corrected chi connectivity index (χ1v) is 10.3. The summed E-state index contributed by atoms with van der Waals surface area (Å²) in [7, 11) is 0. The van der Waals surface area contributed by atoms with Crippen molar-refractivity contribution in [1.29, 1.82) is 0 Å². The molecule has 0 bridgehead atoms. The van der Waals surface area contributed by atoms with Crippen molar-refractivity contribution in [2.75, 3.05) is 0 Å². The molecule has 35 heavy (non-hydrogen) atoms. The van der Waals surface area contributed by atoms with Gasteiger partial charge in [0.2, 0.25) is 0 Å². The Morgan fingerprint density at radius 1 is 0.571 bits per heavy atom. The van der Waals surface area contributed by atoms with Gasteiger partial charge in [-0.1, -0.05) is 48.5 Å². The number of para-hydroxylation sites is 1. The van der Waals surface area contributed by atoms with Gasteiger partial charge in [-0.25, -0.2) is 0 Å². The number of alkyl halides is 6. The molecule has 0 aliphatic heterocycles. The molecule has 4 rings (SSSR count). The van der Waals surface area contributed by atoms with Crippen LogP contribution in [0.3, 0.4) is 0 Å². The number of ether oxygens (including phenoxy) is 1. The van der Waals surface area contributed by atoms with Gasteiger partial charge in [0.15, 0.2) is 0 Å². The van der Waals surface area contributed by atoms with E-state index < -0.39 is 23.5 Å². The smallest absolute Gasteiger partial charge is 0.430 e. The minimum Gasteiger partial charge on any atom is -0.457 e. The average Bonchev–Trinajstić information content (AvgIpc) is 2.83. The topological polar surface area (TPSA) is 42.4 Å². The van der Waals surface area contributed by atoms with E-state index in [1.54, 1.807) is 24.3 Å². The lowest BCUT2D eigenvalue weighted by Gasteiger charge is -2.32. The highest BCUT2D eigenvalue weighted by atomic mass is 19.4. The lowest BCUT2D eigenvalue weighted by atomic mass is 9.91. The number of hydrogen-bond donors (Lipinski definition) is 1. The molecule has 0 unspecified atom stereocenters. The molecule has 0 amide bonds. The largest absolute Gasteiger partial charge is 0.457 e. The van der Waals surface area contributed by atoms with Gasteiger partial charge < -0.3 is 9.84 Å². The van der Waals surface area contributed by atoms with Crippen LogP contribution >= 0.6 is 0 Å². The third-order valence-corrected chi connectivity index (χ3v) is 5.35. The van der Waals surface area contributed by atoms with E-state index in [-0.39, 0.29) is 0 Å². The van der Waals surface area contributed by atoms with Gasteiger partial charge in [-0.15, -0.1) is 0 Å². The highest BCUT2D eigenvalue weighted by Crippen LogP contribution is 2.50. The SMILES string of the molecule is OC(c1ccc(-c2ccc(-c3ccc(Oc4ccccc4)cc3)nc2)cc1)(C(F)(F)F)C(F)(F)F. The number of pyridine rings is 1. The Hall–Kier alpha value is -3.85. The van der Waals surface area contributed by atoms with E-state index in [0.29, 0.717) is 40.5 Å². The van der Waals surface area contributed by atoms with Gasteiger partial charge >= 0.3 is 12.4 Å². The summed E-state index contributed by atoms with van der Waals surface area (Å²) in [6.45, 7) is 0. The molecule has 0 atom stereocenters. The second kappa shape index (κ2) is 9.07. The Morgan fingerprint density at radius 3 is 1.60 bits per heavy atom. The van der Waals surface area contributed by atoms with E-state index in [4.69, 9.17) is 4.74 Å². The predicted octanol–water partition coefficient (Wildman–Crippen LogP) is 7.52. The third kappa shape index (κ3) is 4.85. The molecule has 1 N–H and O–H groups in total. The van der Waals surface area contributed by atoms with Crippen molar-refractivity contribution in [2.45, 2.75) is 18.0 Å². The first-order chi connectivity index (χ1) is 16.5. The van der Waals surface area contributed by atoms with Crippen molar-refractivity contribution < 1.29 is 36.2 Å². The standard InChI is InChI=1S/C26H17F6NO2/c27-25(28,29)24(34,26(30,31)32)20-11-6-17(7-12-20)19-10-15-23(33-16-19)18-8-13-22(14-9-18)35-21-4-2-1-3-5-21/h1-16,34H. The summed E-state index contributed by atoms with van der Waals surface area (Å²) in [5, 5.41) is 9.51. The fourth-order valence-corrected chi connectivity index (χ4v) is 3.45. The molecule has 0 radical (unpaired) electrons. The number of aromatic nitrogens is 1. The highest BCUT2D eigenvalue weighted by molar-refractivity contribution is 5.67. The maximum Gasteiger partial charge on any atom is 0.430 e. The fourth-order valence-electron chi connectivity index (χ4n) is 3.45. The molecule has 4 aromatic rings. The van der Waals surface area contributed by atoms with Crippen molar-refractivity contribution in [2.24, 2.45) is 0 Å². The molecule has 3 aromatic carbocycles. The summed E-state index contributed by atoms with van der Waals surface area (Å²) in [4.78, 5) is 4.34. The molecule has 9 heteroatoms. The van der Waals surface area contributed by atoms with E-state index in [1.165, 1.54) is 6.20 Å². The summed E-state index contributed by atoms with van der Waals surface area (Å²) in [5.41, 5.74) is -4.06. The minimum atomic E-state index is -5.93. The molecule has 1 aromatic heterocycles. The van der Waals surface area contributed by atoms with Crippen LogP contribution in [0.5, 0.6) is 11.5 Å². The van der Waals surface area contributed by atoms with Crippen molar-refractivity contribution in [1.82, 2.24) is 4.98 Å². The number of rotatable bonds is 5. The quantitative estimate of drug-likeness (QED) is 0.295. The summed E-state index contributed by atoms with van der Waals surface area (Å²) in [5.74, 6) is 1.33. The Bertz CT molecular complexity index is 1250. The zero-order valence-electron chi connectivity index (χ0n) is 17.8. The van der Waals surface area contributed by atoms with Crippen molar-refractivity contribution in [3.8, 4) is 33.9 Å². The molecule has 0 saturated heterocycles. The van der Waals surface area contributed by atoms with E-state index in [2.05, 4.69) is 4.98 Å². The fraction of sp³-hybridized carbons (Fsp3) is 0.115. The summed E-state index contributed by atoms with van der Waals surface area (Å²) >= 11 is 0. The van der Waals surface area contributed by atoms with E-state index in [0.717, 1.165) is 17.7 Å². The van der Waals surface area contributed by atoms with Gasteiger partial charge in [-0.3, -0.25) is 4.98 Å². The molecule has 180 valence electrons. The maximum absolute atomic E-state index is 13.1. The van der Waals surface area contributed by atoms with Gasteiger partial charge in [0.25, 0.3) is 5.60 Å². The van der Waals surface area contributed by atoms with Crippen molar-refractivity contribution >= 4 is 0 Å². The normalized spacial score (nSPS) is 12.4. The number of nitrogens with zero attached hydrogens (tertiary/aromatic N) is 1. The predicted molar refractivity (Wildman–Crippen MR) is 118 cm³/mol. The summed E-state index contributed by atoms with van der Waals surface area (Å²) in [6, 6.07) is 23.1. The Labute approximate surface area is 196 Å². The molecule has 0 fully saturated rings. The third-order valence-electron chi connectivity index (χ3n) is 5.35. The molecular weight excluding hydrogens is 472 g/mol. The lowest BCUT2D eigenvalue weighted by Crippen LogP contribution is -2.53. The molecule has 0 aliphatic rings. The lowest BCUT2D eigenvalue weighted by molar-refractivity contribution is -0.376. The minimum absolute atomic E-state index is 0.339. The zero-order chi connectivity index (χ0) is 25.3. The van der Waals surface area contributed by atoms with Crippen LogP contribution in [0.1, 0.15) is 5.56 Å². The monoisotopic (exact) mass is 489 g/mol. The molecular formula is C26H17F6NO2. The molecule has 0 saturated carbocycles. The van der Waals surface area contributed by atoms with E-state index >= 15 is 0 Å². The number of halogens is 6. The van der Waals surface area contributed by atoms with Crippen LogP contribution in [-0.2, 0) is 5.60 Å². The summed E-state index contributed by atoms with van der Waals surface area (Å²) < 4.78 is 84.1. The van der Waals surface area contributed by atoms with Crippen LogP contribution < -0.4 is 4.74 Å².